The summed E-state index contributed by atoms with van der Waals surface area (Å²) >= 11 is 0. The van der Waals surface area contributed by atoms with Gasteiger partial charge in [0.2, 0.25) is 0 Å². The van der Waals surface area contributed by atoms with Crippen LogP contribution in [0.4, 0.5) is 0 Å². The Morgan fingerprint density at radius 1 is 0.775 bits per heavy atom. The molecule has 40 heavy (non-hydrogen) atoms. The number of rotatable bonds is 11. The molecule has 0 saturated carbocycles. The van der Waals surface area contributed by atoms with Gasteiger partial charge in [-0.2, -0.15) is 0 Å². The van der Waals surface area contributed by atoms with Gasteiger partial charge in [-0.15, -0.1) is 0 Å². The molecule has 0 aliphatic heterocycles. The van der Waals surface area contributed by atoms with E-state index in [2.05, 4.69) is 148 Å². The Bertz CT molecular complexity index is 1150. The molecular formula is C40H58. The molecule has 0 heteroatoms. The van der Waals surface area contributed by atoms with Crippen molar-refractivity contribution in [1.82, 2.24) is 0 Å². The Kier molecular flexibility index (Phi) is 13.4. The highest BCUT2D eigenvalue weighted by Crippen LogP contribution is 2.44. The molecule has 0 spiro atoms. The van der Waals surface area contributed by atoms with Crippen molar-refractivity contribution in [2.75, 3.05) is 0 Å². The van der Waals surface area contributed by atoms with E-state index >= 15 is 0 Å². The van der Waals surface area contributed by atoms with Gasteiger partial charge in [0.05, 0.1) is 0 Å². The van der Waals surface area contributed by atoms with E-state index in [9.17, 15) is 0 Å². The van der Waals surface area contributed by atoms with E-state index in [1.54, 1.807) is 11.1 Å². The number of hydrogen-bond donors (Lipinski definition) is 0. The zero-order chi connectivity index (χ0) is 29.8. The van der Waals surface area contributed by atoms with Crippen molar-refractivity contribution in [2.24, 2.45) is 16.7 Å². The highest BCUT2D eigenvalue weighted by atomic mass is 14.4. The minimum atomic E-state index is 0.294. The molecule has 2 rings (SSSR count). The third-order valence-corrected chi connectivity index (χ3v) is 8.92. The van der Waals surface area contributed by atoms with Crippen molar-refractivity contribution < 1.29 is 0 Å². The van der Waals surface area contributed by atoms with Crippen LogP contribution in [0.5, 0.6) is 0 Å². The second-order valence-corrected chi connectivity index (χ2v) is 13.7. The second-order valence-electron chi connectivity index (χ2n) is 13.7. The molecule has 0 fully saturated rings. The smallest absolute Gasteiger partial charge is 0.0104 e. The van der Waals surface area contributed by atoms with Crippen LogP contribution in [0.1, 0.15) is 114 Å². The van der Waals surface area contributed by atoms with Crippen LogP contribution in [-0.4, -0.2) is 0 Å². The lowest BCUT2D eigenvalue weighted by atomic mass is 9.67. The molecular weight excluding hydrogens is 480 g/mol. The molecule has 0 bridgehead atoms. The molecule has 2 aliphatic rings. The van der Waals surface area contributed by atoms with Crippen LogP contribution >= 0.6 is 0 Å². The van der Waals surface area contributed by atoms with Gasteiger partial charge in [0.15, 0.2) is 0 Å². The Morgan fingerprint density at radius 3 is 1.95 bits per heavy atom. The molecule has 0 saturated heterocycles. The van der Waals surface area contributed by atoms with Gasteiger partial charge in [-0.25, -0.2) is 0 Å². The average Bonchev–Trinajstić information content (AvgIpc) is 2.85. The third kappa shape index (κ3) is 11.5. The largest absolute Gasteiger partial charge is 0.0853 e. The van der Waals surface area contributed by atoms with E-state index in [0.717, 1.165) is 0 Å². The topological polar surface area (TPSA) is 0 Å². The predicted octanol–water partition coefficient (Wildman–Crippen LogP) is 12.7. The lowest BCUT2D eigenvalue weighted by molar-refractivity contribution is 0.204. The van der Waals surface area contributed by atoms with Crippen LogP contribution in [0, 0.1) is 16.7 Å². The van der Waals surface area contributed by atoms with Crippen molar-refractivity contribution in [3.8, 4) is 0 Å². The minimum absolute atomic E-state index is 0.294. The van der Waals surface area contributed by atoms with Gasteiger partial charge in [-0.3, -0.25) is 0 Å². The van der Waals surface area contributed by atoms with Crippen molar-refractivity contribution in [1.29, 1.82) is 0 Å². The van der Waals surface area contributed by atoms with Crippen LogP contribution in [-0.2, 0) is 0 Å². The summed E-state index contributed by atoms with van der Waals surface area (Å²) < 4.78 is 0. The fourth-order valence-electron chi connectivity index (χ4n) is 6.20. The summed E-state index contributed by atoms with van der Waals surface area (Å²) in [5, 5.41) is 0. The zero-order valence-corrected chi connectivity index (χ0v) is 27.5. The van der Waals surface area contributed by atoms with E-state index in [1.807, 2.05) is 0 Å². The Hall–Kier alpha value is -2.60. The number of allylic oxidation sites excluding steroid dienone is 20. The fourth-order valence-corrected chi connectivity index (χ4v) is 6.20. The summed E-state index contributed by atoms with van der Waals surface area (Å²) in [7, 11) is 0. The van der Waals surface area contributed by atoms with Crippen molar-refractivity contribution in [2.45, 2.75) is 114 Å². The maximum absolute atomic E-state index is 2.46. The molecule has 2 aliphatic carbocycles. The van der Waals surface area contributed by atoms with Crippen molar-refractivity contribution >= 4 is 0 Å². The van der Waals surface area contributed by atoms with Crippen molar-refractivity contribution in [3.63, 3.8) is 0 Å². The fraction of sp³-hybridized carbons (Fsp3) is 0.500. The summed E-state index contributed by atoms with van der Waals surface area (Å²) in [6.45, 7) is 23.0. The SMILES string of the molecule is CC1=CCCC(C)(C)[C@H]1CC/C(C)=C/C=C/C(C)=C/C=C/C=C(C)/C=C/C=C(C)/C=C/C1=C(C)CCCC1(C)C. The summed E-state index contributed by atoms with van der Waals surface area (Å²) in [5.74, 6) is 0.713. The molecule has 0 heterocycles. The van der Waals surface area contributed by atoms with Gasteiger partial charge in [-0.05, 0) is 109 Å². The monoisotopic (exact) mass is 538 g/mol. The first-order valence-electron chi connectivity index (χ1n) is 15.6. The summed E-state index contributed by atoms with van der Waals surface area (Å²) in [5.41, 5.74) is 10.6. The molecule has 0 amide bonds. The van der Waals surface area contributed by atoms with Crippen LogP contribution < -0.4 is 0 Å². The predicted molar refractivity (Wildman–Crippen MR) is 181 cm³/mol. The maximum Gasteiger partial charge on any atom is -0.0104 e. The van der Waals surface area contributed by atoms with Crippen LogP contribution in [0.3, 0.4) is 0 Å². The second kappa shape index (κ2) is 16.0. The Labute approximate surface area is 248 Å². The van der Waals surface area contributed by atoms with Gasteiger partial charge in [0.25, 0.3) is 0 Å². The molecule has 0 aromatic heterocycles. The minimum Gasteiger partial charge on any atom is -0.0853 e. The van der Waals surface area contributed by atoms with E-state index < -0.39 is 0 Å². The normalized spacial score (nSPS) is 23.4. The van der Waals surface area contributed by atoms with E-state index in [-0.39, 0.29) is 0 Å². The molecule has 218 valence electrons. The van der Waals surface area contributed by atoms with Gasteiger partial charge in [-0.1, -0.05) is 140 Å². The zero-order valence-electron chi connectivity index (χ0n) is 27.5. The Balaban J connectivity index is 1.83. The van der Waals surface area contributed by atoms with E-state index in [1.165, 1.54) is 72.8 Å². The molecule has 0 aromatic rings. The molecule has 1 atom stereocenters. The molecule has 0 radical (unpaired) electrons. The molecule has 0 N–H and O–H groups in total. The first-order valence-corrected chi connectivity index (χ1v) is 15.6. The van der Waals surface area contributed by atoms with Crippen LogP contribution in [0.15, 0.2) is 118 Å². The number of hydrogen-bond acceptors (Lipinski definition) is 0. The lowest BCUT2D eigenvalue weighted by Gasteiger charge is -2.38. The maximum atomic E-state index is 2.46. The molecule has 0 nitrogen and oxygen atoms in total. The summed E-state index contributed by atoms with van der Waals surface area (Å²) in [4.78, 5) is 0. The highest BCUT2D eigenvalue weighted by molar-refractivity contribution is 5.37. The van der Waals surface area contributed by atoms with Crippen LogP contribution in [0.25, 0.3) is 0 Å². The molecule has 0 aromatic carbocycles. The van der Waals surface area contributed by atoms with Crippen LogP contribution in [0.2, 0.25) is 0 Å². The van der Waals surface area contributed by atoms with Gasteiger partial charge >= 0.3 is 0 Å². The standard InChI is InChI=1S/C40H58/c1-31(19-13-21-33(3)25-27-37-35(5)23-15-29-39(37,7)8)17-11-12-18-32(2)20-14-22-34(4)26-28-38-36(6)24-16-30-40(38,9)10/h11-14,17-23,26,28,37H,15-16,24-25,27,29-30H2,1-10H3/b12-11+,19-13+,20-14+,28-26+,31-17+,32-18+,33-21+,34-22+/t37-/m0/s1. The first kappa shape index (κ1) is 33.6. The van der Waals surface area contributed by atoms with Crippen molar-refractivity contribution in [3.05, 3.63) is 118 Å². The quantitative estimate of drug-likeness (QED) is 0.181. The summed E-state index contributed by atoms with van der Waals surface area (Å²) in [6, 6.07) is 0. The molecule has 0 unspecified atom stereocenters. The summed E-state index contributed by atoms with van der Waals surface area (Å²) in [6.07, 6.45) is 37.7. The average molecular weight is 539 g/mol. The third-order valence-electron chi connectivity index (χ3n) is 8.92. The Morgan fingerprint density at radius 2 is 1.35 bits per heavy atom. The van der Waals surface area contributed by atoms with E-state index in [0.29, 0.717) is 16.7 Å². The highest BCUT2D eigenvalue weighted by Gasteiger charge is 2.32. The lowest BCUT2D eigenvalue weighted by Crippen LogP contribution is -2.27. The van der Waals surface area contributed by atoms with E-state index in [4.69, 9.17) is 0 Å². The van der Waals surface area contributed by atoms with Gasteiger partial charge < -0.3 is 0 Å². The first-order chi connectivity index (χ1) is 18.8. The van der Waals surface area contributed by atoms with Gasteiger partial charge in [0, 0.05) is 0 Å². The van der Waals surface area contributed by atoms with Gasteiger partial charge in [0.1, 0.15) is 0 Å².